The number of benzene rings is 2. The molecule has 0 spiro atoms. The van der Waals surface area contributed by atoms with Gasteiger partial charge >= 0.3 is 0 Å². The van der Waals surface area contributed by atoms with Crippen molar-refractivity contribution in [2.75, 3.05) is 0 Å². The van der Waals surface area contributed by atoms with Crippen molar-refractivity contribution < 1.29 is 0 Å². The summed E-state index contributed by atoms with van der Waals surface area (Å²) in [6.45, 7) is 2.06. The number of thiazole rings is 1. The van der Waals surface area contributed by atoms with E-state index in [0.717, 1.165) is 21.8 Å². The number of hydrogen-bond acceptors (Lipinski definition) is 3. The smallest absolute Gasteiger partial charge is 0.134 e. The molecule has 106 valence electrons. The van der Waals surface area contributed by atoms with Crippen LogP contribution < -0.4 is 0 Å². The fourth-order valence-electron chi connectivity index (χ4n) is 2.11. The van der Waals surface area contributed by atoms with Crippen LogP contribution in [-0.4, -0.2) is 4.98 Å². The van der Waals surface area contributed by atoms with Crippen molar-refractivity contribution in [2.24, 2.45) is 0 Å². The number of allylic oxidation sites excluding steroid dienone is 1. The highest BCUT2D eigenvalue weighted by Gasteiger charge is 2.09. The lowest BCUT2D eigenvalue weighted by atomic mass is 10.1. The number of aromatic nitrogens is 1. The summed E-state index contributed by atoms with van der Waals surface area (Å²) in [7, 11) is 0. The molecular formula is C19H14N2S. The van der Waals surface area contributed by atoms with Crippen LogP contribution in [0.15, 0.2) is 60.0 Å². The van der Waals surface area contributed by atoms with Gasteiger partial charge in [0, 0.05) is 10.9 Å². The van der Waals surface area contributed by atoms with Crippen molar-refractivity contribution in [3.8, 4) is 17.3 Å². The van der Waals surface area contributed by atoms with Crippen LogP contribution in [0.5, 0.6) is 0 Å². The number of nitrogens with zero attached hydrogens (tertiary/aromatic N) is 2. The van der Waals surface area contributed by atoms with Gasteiger partial charge < -0.3 is 0 Å². The summed E-state index contributed by atoms with van der Waals surface area (Å²) in [6, 6.07) is 20.3. The average molecular weight is 302 g/mol. The van der Waals surface area contributed by atoms with Crippen molar-refractivity contribution >= 4 is 23.0 Å². The lowest BCUT2D eigenvalue weighted by Crippen LogP contribution is -1.83. The Bertz CT molecular complexity index is 837. The van der Waals surface area contributed by atoms with E-state index in [-0.39, 0.29) is 0 Å². The van der Waals surface area contributed by atoms with E-state index in [4.69, 9.17) is 0 Å². The second-order valence-corrected chi connectivity index (χ2v) is 5.84. The zero-order chi connectivity index (χ0) is 15.4. The Hall–Kier alpha value is -2.70. The third-order valence-electron chi connectivity index (χ3n) is 3.31. The molecule has 0 aliphatic carbocycles. The van der Waals surface area contributed by atoms with Gasteiger partial charge in [-0.2, -0.15) is 5.26 Å². The van der Waals surface area contributed by atoms with Crippen LogP contribution in [-0.2, 0) is 0 Å². The minimum atomic E-state index is 0.592. The third-order valence-corrected chi connectivity index (χ3v) is 4.19. The van der Waals surface area contributed by atoms with Crippen molar-refractivity contribution in [1.82, 2.24) is 4.98 Å². The summed E-state index contributed by atoms with van der Waals surface area (Å²) in [4.78, 5) is 4.61. The number of hydrogen-bond donors (Lipinski definition) is 0. The second-order valence-electron chi connectivity index (χ2n) is 4.98. The number of aryl methyl sites for hydroxylation is 1. The molecule has 0 saturated heterocycles. The second kappa shape index (κ2) is 6.38. The predicted molar refractivity (Wildman–Crippen MR) is 92.2 cm³/mol. The number of nitriles is 1. The molecule has 0 N–H and O–H groups in total. The molecule has 22 heavy (non-hydrogen) atoms. The van der Waals surface area contributed by atoms with E-state index in [1.165, 1.54) is 16.9 Å². The van der Waals surface area contributed by atoms with E-state index in [9.17, 15) is 5.26 Å². The fraction of sp³-hybridized carbons (Fsp3) is 0.0526. The van der Waals surface area contributed by atoms with Gasteiger partial charge in [0.05, 0.1) is 11.3 Å². The maximum absolute atomic E-state index is 9.41. The summed E-state index contributed by atoms with van der Waals surface area (Å²) in [5.74, 6) is 0. The van der Waals surface area contributed by atoms with Crippen LogP contribution in [0.25, 0.3) is 22.9 Å². The Morgan fingerprint density at radius 3 is 2.50 bits per heavy atom. The monoisotopic (exact) mass is 302 g/mol. The topological polar surface area (TPSA) is 36.7 Å². The zero-order valence-electron chi connectivity index (χ0n) is 12.2. The van der Waals surface area contributed by atoms with Gasteiger partial charge in [0.15, 0.2) is 0 Å². The molecule has 0 unspecified atom stereocenters. The standard InChI is InChI=1S/C19H14N2S/c1-14-7-9-16(10-8-14)18-13-22-19(21-18)17(12-20)11-15-5-3-2-4-6-15/h2-11,13H,1H3/b17-11-. The molecule has 0 atom stereocenters. The highest BCUT2D eigenvalue weighted by Crippen LogP contribution is 2.27. The fourth-order valence-corrected chi connectivity index (χ4v) is 2.91. The first-order valence-electron chi connectivity index (χ1n) is 6.96. The van der Waals surface area contributed by atoms with Crippen LogP contribution in [0, 0.1) is 18.3 Å². The van der Waals surface area contributed by atoms with Crippen molar-refractivity contribution in [3.05, 3.63) is 76.1 Å². The highest BCUT2D eigenvalue weighted by atomic mass is 32.1. The predicted octanol–water partition coefficient (Wildman–Crippen LogP) is 5.18. The van der Waals surface area contributed by atoms with Gasteiger partial charge in [-0.3, -0.25) is 0 Å². The molecule has 0 amide bonds. The van der Waals surface area contributed by atoms with E-state index in [1.54, 1.807) is 0 Å². The van der Waals surface area contributed by atoms with Crippen LogP contribution in [0.1, 0.15) is 16.1 Å². The van der Waals surface area contributed by atoms with Gasteiger partial charge in [0.2, 0.25) is 0 Å². The average Bonchev–Trinajstić information content (AvgIpc) is 3.04. The van der Waals surface area contributed by atoms with Gasteiger partial charge in [-0.1, -0.05) is 60.2 Å². The summed E-state index contributed by atoms with van der Waals surface area (Å²) < 4.78 is 0. The van der Waals surface area contributed by atoms with Crippen molar-refractivity contribution in [3.63, 3.8) is 0 Å². The molecule has 2 aromatic carbocycles. The Kier molecular flexibility index (Phi) is 4.13. The summed E-state index contributed by atoms with van der Waals surface area (Å²) >= 11 is 1.50. The Balaban J connectivity index is 1.94. The lowest BCUT2D eigenvalue weighted by molar-refractivity contribution is 1.36. The van der Waals surface area contributed by atoms with Crippen LogP contribution in [0.4, 0.5) is 0 Å². The molecule has 2 nitrogen and oxygen atoms in total. The van der Waals surface area contributed by atoms with Crippen LogP contribution in [0.2, 0.25) is 0 Å². The first-order valence-corrected chi connectivity index (χ1v) is 7.84. The Morgan fingerprint density at radius 2 is 1.82 bits per heavy atom. The molecule has 0 aliphatic rings. The first kappa shape index (κ1) is 14.2. The van der Waals surface area contributed by atoms with Crippen molar-refractivity contribution in [1.29, 1.82) is 5.26 Å². The molecule has 3 rings (SSSR count). The van der Waals surface area contributed by atoms with Gasteiger partial charge in [0.25, 0.3) is 0 Å². The zero-order valence-corrected chi connectivity index (χ0v) is 13.0. The molecule has 0 aliphatic heterocycles. The molecule has 0 saturated carbocycles. The SMILES string of the molecule is Cc1ccc(-c2csc(/C(C#N)=C\c3ccccc3)n2)cc1. The summed E-state index contributed by atoms with van der Waals surface area (Å²) in [5.41, 5.74) is 4.81. The van der Waals surface area contributed by atoms with Gasteiger partial charge in [-0.15, -0.1) is 11.3 Å². The molecule has 0 fully saturated rings. The van der Waals surface area contributed by atoms with Gasteiger partial charge in [0.1, 0.15) is 11.1 Å². The first-order chi connectivity index (χ1) is 10.8. The molecule has 0 radical (unpaired) electrons. The third kappa shape index (κ3) is 3.13. The summed E-state index contributed by atoms with van der Waals surface area (Å²) in [6.07, 6.45) is 1.87. The largest absolute Gasteiger partial charge is 0.235 e. The molecule has 1 heterocycles. The van der Waals surface area contributed by atoms with E-state index in [2.05, 4.69) is 42.2 Å². The van der Waals surface area contributed by atoms with Crippen LogP contribution in [0.3, 0.4) is 0 Å². The van der Waals surface area contributed by atoms with Crippen LogP contribution >= 0.6 is 11.3 Å². The minimum absolute atomic E-state index is 0.592. The van der Waals surface area contributed by atoms with Crippen molar-refractivity contribution in [2.45, 2.75) is 6.92 Å². The maximum Gasteiger partial charge on any atom is 0.134 e. The number of rotatable bonds is 3. The van der Waals surface area contributed by atoms with E-state index in [0.29, 0.717) is 5.57 Å². The highest BCUT2D eigenvalue weighted by molar-refractivity contribution is 7.11. The van der Waals surface area contributed by atoms with E-state index >= 15 is 0 Å². The Labute approximate surface area is 134 Å². The summed E-state index contributed by atoms with van der Waals surface area (Å²) in [5, 5.41) is 12.2. The minimum Gasteiger partial charge on any atom is -0.235 e. The van der Waals surface area contributed by atoms with E-state index < -0.39 is 0 Å². The quantitative estimate of drug-likeness (QED) is 0.625. The molecule has 1 aromatic heterocycles. The lowest BCUT2D eigenvalue weighted by Gasteiger charge is -1.97. The Morgan fingerprint density at radius 1 is 1.09 bits per heavy atom. The normalized spacial score (nSPS) is 11.2. The van der Waals surface area contributed by atoms with Gasteiger partial charge in [-0.25, -0.2) is 4.98 Å². The van der Waals surface area contributed by atoms with E-state index in [1.807, 2.05) is 41.8 Å². The van der Waals surface area contributed by atoms with Gasteiger partial charge in [-0.05, 0) is 18.6 Å². The molecule has 0 bridgehead atoms. The molecular weight excluding hydrogens is 288 g/mol. The molecule has 3 aromatic rings. The maximum atomic E-state index is 9.41. The molecule has 3 heteroatoms.